The van der Waals surface area contributed by atoms with Crippen LogP contribution in [0.25, 0.3) is 0 Å². The van der Waals surface area contributed by atoms with Gasteiger partial charge in [0.25, 0.3) is 0 Å². The number of nitrogens with zero attached hydrogens (tertiary/aromatic N) is 2. The van der Waals surface area contributed by atoms with Crippen LogP contribution >= 0.6 is 0 Å². The van der Waals surface area contributed by atoms with Crippen LogP contribution < -0.4 is 4.90 Å². The molecule has 0 saturated heterocycles. The molecular formula is C17H18N2. The summed E-state index contributed by atoms with van der Waals surface area (Å²) in [4.78, 5) is 2.18. The van der Waals surface area contributed by atoms with E-state index in [2.05, 4.69) is 50.1 Å². The van der Waals surface area contributed by atoms with Gasteiger partial charge in [-0.25, -0.2) is 0 Å². The van der Waals surface area contributed by atoms with Crippen molar-refractivity contribution in [3.8, 4) is 6.07 Å². The average molecular weight is 250 g/mol. The highest BCUT2D eigenvalue weighted by molar-refractivity contribution is 5.52. The molecule has 0 amide bonds. The van der Waals surface area contributed by atoms with Gasteiger partial charge in [0.2, 0.25) is 0 Å². The van der Waals surface area contributed by atoms with E-state index in [1.54, 1.807) is 0 Å². The van der Waals surface area contributed by atoms with E-state index in [-0.39, 0.29) is 0 Å². The second-order valence-electron chi connectivity index (χ2n) is 4.89. The zero-order valence-electron chi connectivity index (χ0n) is 11.6. The predicted octanol–water partition coefficient (Wildman–Crippen LogP) is 3.81. The highest BCUT2D eigenvalue weighted by Gasteiger charge is 2.07. The smallest absolute Gasteiger partial charge is 0.0992 e. The van der Waals surface area contributed by atoms with Gasteiger partial charge in [0.05, 0.1) is 11.6 Å². The summed E-state index contributed by atoms with van der Waals surface area (Å²) in [5.41, 5.74) is 5.74. The Kier molecular flexibility index (Phi) is 3.87. The molecule has 19 heavy (non-hydrogen) atoms. The van der Waals surface area contributed by atoms with Crippen LogP contribution in [0.5, 0.6) is 0 Å². The molecule has 0 radical (unpaired) electrons. The van der Waals surface area contributed by atoms with Gasteiger partial charge in [0.1, 0.15) is 0 Å². The Balaban J connectivity index is 2.26. The lowest BCUT2D eigenvalue weighted by Gasteiger charge is -2.22. The van der Waals surface area contributed by atoms with Crippen molar-refractivity contribution in [2.45, 2.75) is 20.4 Å². The molecule has 96 valence electrons. The third kappa shape index (κ3) is 2.95. The Morgan fingerprint density at radius 1 is 1.05 bits per heavy atom. The van der Waals surface area contributed by atoms with Crippen molar-refractivity contribution >= 4 is 5.69 Å². The molecule has 0 aliphatic heterocycles. The van der Waals surface area contributed by atoms with E-state index in [1.165, 1.54) is 16.7 Å². The van der Waals surface area contributed by atoms with E-state index in [4.69, 9.17) is 5.26 Å². The molecule has 0 aliphatic carbocycles. The van der Waals surface area contributed by atoms with E-state index in [1.807, 2.05) is 24.3 Å². The van der Waals surface area contributed by atoms with Crippen molar-refractivity contribution in [1.82, 2.24) is 0 Å². The highest BCUT2D eigenvalue weighted by Crippen LogP contribution is 2.20. The van der Waals surface area contributed by atoms with Crippen molar-refractivity contribution in [3.05, 3.63) is 64.7 Å². The fourth-order valence-corrected chi connectivity index (χ4v) is 2.24. The molecule has 2 aromatic carbocycles. The monoisotopic (exact) mass is 250 g/mol. The van der Waals surface area contributed by atoms with Gasteiger partial charge in [-0.2, -0.15) is 5.26 Å². The van der Waals surface area contributed by atoms with Gasteiger partial charge in [-0.15, -0.1) is 0 Å². The van der Waals surface area contributed by atoms with Crippen molar-refractivity contribution in [2.24, 2.45) is 0 Å². The van der Waals surface area contributed by atoms with Gasteiger partial charge in [-0.1, -0.05) is 24.3 Å². The largest absolute Gasteiger partial charge is 0.370 e. The molecule has 0 unspecified atom stereocenters. The van der Waals surface area contributed by atoms with Crippen LogP contribution in [0, 0.1) is 25.2 Å². The normalized spacial score (nSPS) is 10.0. The Morgan fingerprint density at radius 3 is 2.32 bits per heavy atom. The third-order valence-corrected chi connectivity index (χ3v) is 3.46. The van der Waals surface area contributed by atoms with Crippen molar-refractivity contribution in [1.29, 1.82) is 5.26 Å². The van der Waals surface area contributed by atoms with Crippen LogP contribution in [0.1, 0.15) is 22.3 Å². The molecule has 0 fully saturated rings. The number of hydrogen-bond acceptors (Lipinski definition) is 2. The quantitative estimate of drug-likeness (QED) is 0.828. The van der Waals surface area contributed by atoms with Crippen LogP contribution in [0.3, 0.4) is 0 Å². The van der Waals surface area contributed by atoms with Gasteiger partial charge in [-0.05, 0) is 48.7 Å². The summed E-state index contributed by atoms with van der Waals surface area (Å²) in [6.07, 6.45) is 0. The number of aryl methyl sites for hydroxylation is 2. The SMILES string of the molecule is Cc1cccc(C)c1CN(C)c1cccc(C#N)c1. The first-order chi connectivity index (χ1) is 9.11. The summed E-state index contributed by atoms with van der Waals surface area (Å²) < 4.78 is 0. The molecule has 0 heterocycles. The first-order valence-corrected chi connectivity index (χ1v) is 6.38. The molecule has 2 nitrogen and oxygen atoms in total. The maximum absolute atomic E-state index is 8.95. The second-order valence-corrected chi connectivity index (χ2v) is 4.89. The van der Waals surface area contributed by atoms with E-state index in [9.17, 15) is 0 Å². The third-order valence-electron chi connectivity index (χ3n) is 3.46. The Morgan fingerprint density at radius 2 is 1.68 bits per heavy atom. The Labute approximate surface area is 114 Å². The summed E-state index contributed by atoms with van der Waals surface area (Å²) >= 11 is 0. The molecule has 0 aromatic heterocycles. The summed E-state index contributed by atoms with van der Waals surface area (Å²) in [6, 6.07) is 16.3. The van der Waals surface area contributed by atoms with Crippen LogP contribution in [-0.4, -0.2) is 7.05 Å². The van der Waals surface area contributed by atoms with Crippen molar-refractivity contribution < 1.29 is 0 Å². The minimum absolute atomic E-state index is 0.700. The molecule has 0 spiro atoms. The fraction of sp³-hybridized carbons (Fsp3) is 0.235. The fourth-order valence-electron chi connectivity index (χ4n) is 2.24. The number of rotatable bonds is 3. The van der Waals surface area contributed by atoms with E-state index in [0.717, 1.165) is 12.2 Å². The molecule has 0 N–H and O–H groups in total. The van der Waals surface area contributed by atoms with Crippen LogP contribution in [-0.2, 0) is 6.54 Å². The van der Waals surface area contributed by atoms with E-state index >= 15 is 0 Å². The molecular weight excluding hydrogens is 232 g/mol. The standard InChI is InChI=1S/C17H18N2/c1-13-6-4-7-14(2)17(13)12-19(3)16-9-5-8-15(10-16)11-18/h4-10H,12H2,1-3H3. The molecule has 0 aliphatic rings. The van der Waals surface area contributed by atoms with Crippen LogP contribution in [0.15, 0.2) is 42.5 Å². The van der Waals surface area contributed by atoms with Crippen LogP contribution in [0.2, 0.25) is 0 Å². The zero-order chi connectivity index (χ0) is 13.8. The summed E-state index contributed by atoms with van der Waals surface area (Å²) in [5.74, 6) is 0. The van der Waals surface area contributed by atoms with Gasteiger partial charge < -0.3 is 4.90 Å². The number of anilines is 1. The van der Waals surface area contributed by atoms with Gasteiger partial charge in [-0.3, -0.25) is 0 Å². The molecule has 2 aromatic rings. The van der Waals surface area contributed by atoms with Crippen molar-refractivity contribution in [2.75, 3.05) is 11.9 Å². The molecule has 0 bridgehead atoms. The van der Waals surface area contributed by atoms with Gasteiger partial charge in [0, 0.05) is 19.3 Å². The lowest BCUT2D eigenvalue weighted by atomic mass is 10.0. The average Bonchev–Trinajstić information content (AvgIpc) is 2.43. The van der Waals surface area contributed by atoms with Gasteiger partial charge in [0.15, 0.2) is 0 Å². The van der Waals surface area contributed by atoms with Crippen molar-refractivity contribution in [3.63, 3.8) is 0 Å². The number of nitriles is 1. The lowest BCUT2D eigenvalue weighted by Crippen LogP contribution is -2.17. The minimum atomic E-state index is 0.700. The summed E-state index contributed by atoms with van der Waals surface area (Å²) in [6.45, 7) is 5.14. The maximum atomic E-state index is 8.95. The molecule has 2 heteroatoms. The Bertz CT molecular complexity index is 603. The van der Waals surface area contributed by atoms with E-state index < -0.39 is 0 Å². The molecule has 0 atom stereocenters. The summed E-state index contributed by atoms with van der Waals surface area (Å²) in [7, 11) is 2.06. The van der Waals surface area contributed by atoms with E-state index in [0.29, 0.717) is 5.56 Å². The first-order valence-electron chi connectivity index (χ1n) is 6.38. The van der Waals surface area contributed by atoms with Crippen LogP contribution in [0.4, 0.5) is 5.69 Å². The topological polar surface area (TPSA) is 27.0 Å². The molecule has 0 saturated carbocycles. The van der Waals surface area contributed by atoms with Gasteiger partial charge >= 0.3 is 0 Å². The summed E-state index contributed by atoms with van der Waals surface area (Å²) in [5, 5.41) is 8.95. The Hall–Kier alpha value is -2.27. The lowest BCUT2D eigenvalue weighted by molar-refractivity contribution is 0.905. The predicted molar refractivity (Wildman–Crippen MR) is 79.2 cm³/mol. The minimum Gasteiger partial charge on any atom is -0.370 e. The number of hydrogen-bond donors (Lipinski definition) is 0. The highest BCUT2D eigenvalue weighted by atomic mass is 15.1. The number of benzene rings is 2. The molecule has 2 rings (SSSR count). The zero-order valence-corrected chi connectivity index (χ0v) is 11.6. The first kappa shape index (κ1) is 13.2. The maximum Gasteiger partial charge on any atom is 0.0992 e. The second kappa shape index (κ2) is 5.58.